The fourth-order valence-corrected chi connectivity index (χ4v) is 0. The minimum atomic E-state index is -3.13. The molecule has 3 nitrogen and oxygen atoms in total. The molecule has 0 atom stereocenters. The third-order valence-electron chi connectivity index (χ3n) is 0. The molecule has 34 valence electrons. The van der Waals surface area contributed by atoms with E-state index in [9.17, 15) is 0 Å². The summed E-state index contributed by atoms with van der Waals surface area (Å²) in [5.41, 5.74) is 0. The molecule has 0 aromatic carbocycles. The molecule has 2 N–H and O–H groups in total. The quantitative estimate of drug-likeness (QED) is 0.319. The summed E-state index contributed by atoms with van der Waals surface area (Å²) in [5.74, 6) is 0. The molecule has 0 rings (SSSR count). The van der Waals surface area contributed by atoms with Gasteiger partial charge in [0.2, 0.25) is 0 Å². The summed E-state index contributed by atoms with van der Waals surface area (Å²) in [5, 5.41) is 0. The van der Waals surface area contributed by atoms with Gasteiger partial charge >= 0.3 is 38.7 Å². The maximum Gasteiger partial charge on any atom is 1.00 e. The molecule has 0 heterocycles. The molecule has 0 amide bonds. The first kappa shape index (κ1) is 16.0. The maximum absolute atomic E-state index is 8.74. The second-order valence-corrected chi connectivity index (χ2v) is 0.848. The second kappa shape index (κ2) is 9.12. The predicted octanol–water partition coefficient (Wildman–Crippen LogP) is -4.34. The molecule has 0 fully saturated rings. The van der Waals surface area contributed by atoms with E-state index in [0.29, 0.717) is 0 Å². The van der Waals surface area contributed by atoms with Crippen LogP contribution < -0.4 is 29.6 Å². The maximum atomic E-state index is 8.74. The fourth-order valence-electron chi connectivity index (χ4n) is 0. The first-order valence-electron chi connectivity index (χ1n) is 0.651. The van der Waals surface area contributed by atoms with Gasteiger partial charge in [0.15, 0.2) is 0 Å². The summed E-state index contributed by atoms with van der Waals surface area (Å²) in [4.78, 5) is 14.3. The van der Waals surface area contributed by atoms with Crippen LogP contribution in [0.3, 0.4) is 0 Å². The Morgan fingerprint density at radius 2 is 1.50 bits per heavy atom. The van der Waals surface area contributed by atoms with Gasteiger partial charge in [-0.25, -0.2) is 0 Å². The van der Waals surface area contributed by atoms with Crippen LogP contribution in [0.5, 0.6) is 0 Å². The number of hydrogen-bond donors (Lipinski definition) is 2. The van der Waals surface area contributed by atoms with E-state index in [0.717, 1.165) is 0 Å². The Hall–Kier alpha value is 0.547. The molecule has 6 heavy (non-hydrogen) atoms. The van der Waals surface area contributed by atoms with E-state index in [2.05, 4.69) is 0 Å². The van der Waals surface area contributed by atoms with Gasteiger partial charge in [-0.2, -0.15) is 0 Å². The Morgan fingerprint density at radius 3 is 1.50 bits per heavy atom. The predicted molar refractivity (Wildman–Crippen MR) is 14.5 cm³/mol. The average molecular weight is 122 g/mol. The molecule has 0 aromatic heterocycles. The summed E-state index contributed by atoms with van der Waals surface area (Å²) in [6.07, 6.45) is 0. The Bertz CT molecular complexity index is 37.9. The van der Waals surface area contributed by atoms with Gasteiger partial charge in [0, 0.05) is 0 Å². The zero-order valence-corrected chi connectivity index (χ0v) is 6.21. The smallest absolute Gasteiger partial charge is 1.00 e. The van der Waals surface area contributed by atoms with Crippen LogP contribution in [0.15, 0.2) is 0 Å². The average Bonchev–Trinajstić information content (AvgIpc) is 0.811. The van der Waals surface area contributed by atoms with Crippen molar-refractivity contribution in [3.63, 3.8) is 0 Å². The summed E-state index contributed by atoms with van der Waals surface area (Å²) < 4.78 is 8.74. The minimum Gasteiger partial charge on any atom is -1.00 e. The van der Waals surface area contributed by atoms with Crippen LogP contribution in [0.1, 0.15) is 1.43 Å². The van der Waals surface area contributed by atoms with Crippen molar-refractivity contribution in [2.45, 2.75) is 0 Å². The topological polar surface area (TPSA) is 57.5 Å². The Balaban J connectivity index is -0.0000000150. The zero-order valence-electron chi connectivity index (χ0n) is 4.21. The SMILES string of the molecule is F.O=[Si](O)O.[H-].[Na+]. The van der Waals surface area contributed by atoms with Crippen molar-refractivity contribution in [1.29, 1.82) is 0 Å². The molecule has 0 aromatic rings. The van der Waals surface area contributed by atoms with E-state index < -0.39 is 9.17 Å². The first-order valence-corrected chi connectivity index (χ1v) is 1.95. The Morgan fingerprint density at radius 1 is 1.50 bits per heavy atom. The van der Waals surface area contributed by atoms with Gasteiger partial charge in [-0.1, -0.05) is 0 Å². The molecule has 0 spiro atoms. The summed E-state index contributed by atoms with van der Waals surface area (Å²) >= 11 is 0. The van der Waals surface area contributed by atoms with Gasteiger partial charge in [-0.3, -0.25) is 9.17 Å². The monoisotopic (exact) mass is 122 g/mol. The van der Waals surface area contributed by atoms with E-state index in [-0.39, 0.29) is 35.7 Å². The Kier molecular flexibility index (Phi) is 24.3. The third kappa shape index (κ3) is 191. The van der Waals surface area contributed by atoms with Gasteiger partial charge < -0.3 is 11.0 Å². The van der Waals surface area contributed by atoms with Gasteiger partial charge in [0.25, 0.3) is 0 Å². The van der Waals surface area contributed by atoms with Crippen LogP contribution in [0.2, 0.25) is 0 Å². The van der Waals surface area contributed by atoms with Crippen molar-refractivity contribution in [2.75, 3.05) is 0 Å². The normalized spacial score (nSPS) is 4.00. The standard InChI is InChI=1S/FH.Na.H2O3Si.H/c;;1-4(2)3;/h1H;;1-2H;/q;+1;;-1. The van der Waals surface area contributed by atoms with Crippen molar-refractivity contribution >= 4 is 9.17 Å². The fraction of sp³-hybridized carbons (Fsp3) is 0. The molecular formula is H4FNaO3Si. The molecule has 0 saturated carbocycles. The van der Waals surface area contributed by atoms with E-state index in [4.69, 9.17) is 14.1 Å². The van der Waals surface area contributed by atoms with Gasteiger partial charge in [-0.15, -0.1) is 0 Å². The number of hydrogen-bond acceptors (Lipinski definition) is 1. The van der Waals surface area contributed by atoms with Crippen molar-refractivity contribution in [3.8, 4) is 0 Å². The Labute approximate surface area is 59.0 Å². The summed E-state index contributed by atoms with van der Waals surface area (Å²) in [7, 11) is -3.13. The molecule has 6 heteroatoms. The summed E-state index contributed by atoms with van der Waals surface area (Å²) in [6, 6.07) is 0. The van der Waals surface area contributed by atoms with E-state index >= 15 is 0 Å². The van der Waals surface area contributed by atoms with E-state index in [1.165, 1.54) is 0 Å². The van der Waals surface area contributed by atoms with Crippen LogP contribution >= 0.6 is 0 Å². The van der Waals surface area contributed by atoms with Crippen molar-refractivity contribution in [3.05, 3.63) is 0 Å². The van der Waals surface area contributed by atoms with Gasteiger partial charge in [0.05, 0.1) is 0 Å². The van der Waals surface area contributed by atoms with E-state index in [1.54, 1.807) is 0 Å². The first-order chi connectivity index (χ1) is 1.73. The van der Waals surface area contributed by atoms with Crippen LogP contribution in [-0.2, 0) is 4.46 Å². The molecule has 0 aliphatic heterocycles. The molecule has 0 aliphatic rings. The third-order valence-corrected chi connectivity index (χ3v) is 0. The molecular weight excluding hydrogens is 118 g/mol. The van der Waals surface area contributed by atoms with Crippen molar-refractivity contribution < 1.29 is 49.7 Å². The minimum absolute atomic E-state index is 0. The van der Waals surface area contributed by atoms with E-state index in [1.807, 2.05) is 0 Å². The largest absolute Gasteiger partial charge is 1.00 e. The van der Waals surface area contributed by atoms with Crippen LogP contribution in [0.25, 0.3) is 0 Å². The molecule has 0 bridgehead atoms. The number of halogens is 1. The molecule has 0 aliphatic carbocycles. The van der Waals surface area contributed by atoms with Crippen LogP contribution in [0.4, 0.5) is 4.70 Å². The number of rotatable bonds is 0. The molecule has 0 unspecified atom stereocenters. The van der Waals surface area contributed by atoms with Crippen molar-refractivity contribution in [2.24, 2.45) is 0 Å². The van der Waals surface area contributed by atoms with Crippen LogP contribution in [0, 0.1) is 0 Å². The van der Waals surface area contributed by atoms with Gasteiger partial charge in [-0.05, 0) is 0 Å². The second-order valence-electron chi connectivity index (χ2n) is 0.283. The summed E-state index contributed by atoms with van der Waals surface area (Å²) in [6.45, 7) is 0. The van der Waals surface area contributed by atoms with Crippen molar-refractivity contribution in [1.82, 2.24) is 0 Å². The molecule has 0 saturated heterocycles. The van der Waals surface area contributed by atoms with Gasteiger partial charge in [0.1, 0.15) is 0 Å². The zero-order chi connectivity index (χ0) is 3.58. The molecule has 0 radical (unpaired) electrons. The van der Waals surface area contributed by atoms with Crippen LogP contribution in [-0.4, -0.2) is 18.8 Å².